The third-order valence-corrected chi connectivity index (χ3v) is 4.70. The predicted molar refractivity (Wildman–Crippen MR) is 80.1 cm³/mol. The van der Waals surface area contributed by atoms with Crippen LogP contribution >= 0.6 is 22.9 Å². The summed E-state index contributed by atoms with van der Waals surface area (Å²) in [5.41, 5.74) is 0.837. The lowest BCUT2D eigenvalue weighted by Gasteiger charge is -2.16. The van der Waals surface area contributed by atoms with Gasteiger partial charge in [0.05, 0.1) is 11.4 Å². The molecular formula is C14H12ClFN2O2S. The first-order valence-corrected chi connectivity index (χ1v) is 7.68. The number of nitrogens with one attached hydrogen (secondary N) is 1. The van der Waals surface area contributed by atoms with Crippen molar-refractivity contribution in [1.82, 2.24) is 4.98 Å². The van der Waals surface area contributed by atoms with Crippen LogP contribution in [0.5, 0.6) is 0 Å². The summed E-state index contributed by atoms with van der Waals surface area (Å²) < 4.78 is 13.7. The van der Waals surface area contributed by atoms with E-state index in [2.05, 4.69) is 10.3 Å². The molecule has 0 fully saturated rings. The van der Waals surface area contributed by atoms with Crippen molar-refractivity contribution in [1.29, 1.82) is 0 Å². The summed E-state index contributed by atoms with van der Waals surface area (Å²) in [4.78, 5) is 16.5. The van der Waals surface area contributed by atoms with Crippen molar-refractivity contribution in [2.45, 2.75) is 25.2 Å². The van der Waals surface area contributed by atoms with Gasteiger partial charge in [0.15, 0.2) is 5.13 Å². The average Bonchev–Trinajstić information content (AvgIpc) is 2.84. The van der Waals surface area contributed by atoms with Crippen LogP contribution in [-0.2, 0) is 11.2 Å². The number of aryl methyl sites for hydroxylation is 1. The van der Waals surface area contributed by atoms with Crippen molar-refractivity contribution in [3.05, 3.63) is 39.6 Å². The fraction of sp³-hybridized carbons (Fsp3) is 0.286. The highest BCUT2D eigenvalue weighted by molar-refractivity contribution is 7.15. The normalized spacial score (nSPS) is 17.3. The summed E-state index contributed by atoms with van der Waals surface area (Å²) in [5, 5.41) is 13.0. The maximum absolute atomic E-state index is 13.7. The Morgan fingerprint density at radius 2 is 2.33 bits per heavy atom. The molecule has 1 aromatic carbocycles. The van der Waals surface area contributed by atoms with Gasteiger partial charge in [0.25, 0.3) is 0 Å². The first kappa shape index (κ1) is 14.3. The Morgan fingerprint density at radius 3 is 3.10 bits per heavy atom. The molecule has 1 aromatic heterocycles. The Kier molecular flexibility index (Phi) is 3.82. The number of anilines is 2. The number of nitrogens with zero attached hydrogens (tertiary/aromatic N) is 1. The van der Waals surface area contributed by atoms with E-state index >= 15 is 0 Å². The van der Waals surface area contributed by atoms with Crippen LogP contribution in [0.1, 0.15) is 29.3 Å². The number of rotatable bonds is 3. The molecule has 0 spiro atoms. The topological polar surface area (TPSA) is 62.2 Å². The van der Waals surface area contributed by atoms with Crippen LogP contribution < -0.4 is 5.32 Å². The van der Waals surface area contributed by atoms with Gasteiger partial charge in [0.1, 0.15) is 11.7 Å². The Morgan fingerprint density at radius 1 is 1.52 bits per heavy atom. The van der Waals surface area contributed by atoms with Gasteiger partial charge in [-0.3, -0.25) is 4.79 Å². The van der Waals surface area contributed by atoms with E-state index in [1.165, 1.54) is 29.5 Å². The largest absolute Gasteiger partial charge is 0.481 e. The second-order valence-corrected chi connectivity index (χ2v) is 6.38. The molecule has 110 valence electrons. The minimum Gasteiger partial charge on any atom is -0.481 e. The molecule has 0 amide bonds. The Bertz CT molecular complexity index is 704. The third-order valence-electron chi connectivity index (χ3n) is 3.42. The average molecular weight is 327 g/mol. The highest BCUT2D eigenvalue weighted by Crippen LogP contribution is 2.38. The van der Waals surface area contributed by atoms with E-state index in [1.807, 2.05) is 0 Å². The van der Waals surface area contributed by atoms with Crippen molar-refractivity contribution < 1.29 is 14.3 Å². The van der Waals surface area contributed by atoms with Crippen LogP contribution in [0.4, 0.5) is 15.2 Å². The summed E-state index contributed by atoms with van der Waals surface area (Å²) in [6.07, 6.45) is 2.24. The first-order valence-electron chi connectivity index (χ1n) is 6.49. The molecular weight excluding hydrogens is 315 g/mol. The highest BCUT2D eigenvalue weighted by atomic mass is 35.5. The van der Waals surface area contributed by atoms with Gasteiger partial charge in [-0.05, 0) is 37.5 Å². The van der Waals surface area contributed by atoms with Crippen molar-refractivity contribution in [2.75, 3.05) is 5.32 Å². The van der Waals surface area contributed by atoms with Gasteiger partial charge >= 0.3 is 5.97 Å². The van der Waals surface area contributed by atoms with Crippen molar-refractivity contribution in [2.24, 2.45) is 0 Å². The second kappa shape index (κ2) is 5.61. The van der Waals surface area contributed by atoms with Gasteiger partial charge in [0, 0.05) is 9.90 Å². The molecule has 1 atom stereocenters. The molecule has 0 saturated carbocycles. The molecule has 7 heteroatoms. The zero-order valence-corrected chi connectivity index (χ0v) is 12.5. The molecule has 1 heterocycles. The molecule has 4 nitrogen and oxygen atoms in total. The third kappa shape index (κ3) is 2.87. The van der Waals surface area contributed by atoms with E-state index in [1.54, 1.807) is 0 Å². The summed E-state index contributed by atoms with van der Waals surface area (Å²) >= 11 is 7.22. The maximum atomic E-state index is 13.7. The molecule has 1 aliphatic carbocycles. The number of carboxylic acids is 1. The highest BCUT2D eigenvalue weighted by Gasteiger charge is 2.30. The Labute approximate surface area is 129 Å². The van der Waals surface area contributed by atoms with E-state index in [0.29, 0.717) is 22.3 Å². The molecule has 2 N–H and O–H groups in total. The molecule has 1 unspecified atom stereocenters. The van der Waals surface area contributed by atoms with Crippen LogP contribution in [0.3, 0.4) is 0 Å². The number of carbonyl (C=O) groups is 1. The van der Waals surface area contributed by atoms with E-state index in [-0.39, 0.29) is 5.69 Å². The lowest BCUT2D eigenvalue weighted by atomic mass is 9.91. The molecule has 2 aromatic rings. The Hall–Kier alpha value is -1.66. The lowest BCUT2D eigenvalue weighted by Crippen LogP contribution is -2.17. The van der Waals surface area contributed by atoms with Gasteiger partial charge in [-0.25, -0.2) is 9.37 Å². The van der Waals surface area contributed by atoms with Crippen LogP contribution in [0.25, 0.3) is 0 Å². The Balaban J connectivity index is 1.91. The van der Waals surface area contributed by atoms with Gasteiger partial charge < -0.3 is 10.4 Å². The monoisotopic (exact) mass is 326 g/mol. The van der Waals surface area contributed by atoms with Crippen molar-refractivity contribution >= 4 is 39.7 Å². The predicted octanol–water partition coefficient (Wildman–Crippen LogP) is 4.18. The van der Waals surface area contributed by atoms with E-state index in [9.17, 15) is 14.3 Å². The second-order valence-electron chi connectivity index (χ2n) is 4.86. The summed E-state index contributed by atoms with van der Waals surface area (Å²) in [5.74, 6) is -1.85. The number of aromatic nitrogens is 1. The summed E-state index contributed by atoms with van der Waals surface area (Å²) in [7, 11) is 0. The van der Waals surface area contributed by atoms with Gasteiger partial charge in [0.2, 0.25) is 0 Å². The molecule has 21 heavy (non-hydrogen) atoms. The SMILES string of the molecule is O=C(O)C1CCCc2sc(Nc3cc(Cl)ccc3F)nc21. The minimum atomic E-state index is -0.860. The van der Waals surface area contributed by atoms with Gasteiger partial charge in [-0.15, -0.1) is 11.3 Å². The van der Waals surface area contributed by atoms with Crippen LogP contribution in [-0.4, -0.2) is 16.1 Å². The molecule has 0 aliphatic heterocycles. The molecule has 0 bridgehead atoms. The molecule has 0 saturated heterocycles. The number of fused-ring (bicyclic) bond motifs is 1. The fourth-order valence-corrected chi connectivity index (χ4v) is 3.67. The standard InChI is InChI=1S/C14H12ClFN2O2S/c15-7-4-5-9(16)10(6-7)17-14-18-12-8(13(19)20)2-1-3-11(12)21-14/h4-6,8H,1-3H2,(H,17,18)(H,19,20). The van der Waals surface area contributed by atoms with Crippen LogP contribution in [0, 0.1) is 5.82 Å². The molecule has 3 rings (SSSR count). The zero-order chi connectivity index (χ0) is 15.0. The number of hydrogen-bond acceptors (Lipinski definition) is 4. The smallest absolute Gasteiger partial charge is 0.312 e. The van der Waals surface area contributed by atoms with Gasteiger partial charge in [-0.2, -0.15) is 0 Å². The number of aliphatic carboxylic acids is 1. The quantitative estimate of drug-likeness (QED) is 0.888. The van der Waals surface area contributed by atoms with E-state index in [4.69, 9.17) is 11.6 Å². The van der Waals surface area contributed by atoms with Crippen LogP contribution in [0.2, 0.25) is 5.02 Å². The fourth-order valence-electron chi connectivity index (χ4n) is 2.42. The van der Waals surface area contributed by atoms with Crippen molar-refractivity contribution in [3.63, 3.8) is 0 Å². The summed E-state index contributed by atoms with van der Waals surface area (Å²) in [6, 6.07) is 4.22. The number of thiazole rings is 1. The van der Waals surface area contributed by atoms with Crippen molar-refractivity contribution in [3.8, 4) is 0 Å². The number of halogens is 2. The number of benzene rings is 1. The van der Waals surface area contributed by atoms with Gasteiger partial charge in [-0.1, -0.05) is 11.6 Å². The molecule has 1 aliphatic rings. The van der Waals surface area contributed by atoms with Crippen LogP contribution in [0.15, 0.2) is 18.2 Å². The van der Waals surface area contributed by atoms with E-state index in [0.717, 1.165) is 17.7 Å². The van der Waals surface area contributed by atoms with E-state index < -0.39 is 17.7 Å². The lowest BCUT2D eigenvalue weighted by molar-refractivity contribution is -0.139. The summed E-state index contributed by atoms with van der Waals surface area (Å²) in [6.45, 7) is 0. The maximum Gasteiger partial charge on any atom is 0.312 e. The number of hydrogen-bond donors (Lipinski definition) is 2. The molecule has 0 radical (unpaired) electrons. The number of carboxylic acid groups (broad SMARTS) is 1. The first-order chi connectivity index (χ1) is 10.0. The zero-order valence-electron chi connectivity index (χ0n) is 10.9. The minimum absolute atomic E-state index is 0.237.